The molecule has 0 saturated carbocycles. The Morgan fingerprint density at radius 1 is 1.15 bits per heavy atom. The van der Waals surface area contributed by atoms with Crippen molar-refractivity contribution in [2.75, 3.05) is 6.54 Å². The zero-order valence-corrected chi connectivity index (χ0v) is 21.7. The van der Waals surface area contributed by atoms with Crippen molar-refractivity contribution in [2.45, 2.75) is 58.3 Å². The summed E-state index contributed by atoms with van der Waals surface area (Å²) in [6, 6.07) is 7.30. The highest BCUT2D eigenvalue weighted by Gasteiger charge is 2.44. The van der Waals surface area contributed by atoms with Crippen molar-refractivity contribution >= 4 is 17.7 Å². The maximum Gasteiger partial charge on any atom is 0.295 e. The van der Waals surface area contributed by atoms with E-state index < -0.39 is 53.5 Å². The van der Waals surface area contributed by atoms with Crippen molar-refractivity contribution < 1.29 is 32.7 Å². The van der Waals surface area contributed by atoms with Gasteiger partial charge >= 0.3 is 0 Å². The number of rotatable bonds is 8. The lowest BCUT2D eigenvalue weighted by atomic mass is 9.85. The molecule has 0 radical (unpaired) electrons. The molecule has 39 heavy (non-hydrogen) atoms. The minimum absolute atomic E-state index is 0.0313. The van der Waals surface area contributed by atoms with Gasteiger partial charge in [-0.05, 0) is 35.2 Å². The zero-order chi connectivity index (χ0) is 28.3. The van der Waals surface area contributed by atoms with Gasteiger partial charge in [0.15, 0.2) is 11.5 Å². The Balaban J connectivity index is 1.43. The summed E-state index contributed by atoms with van der Waals surface area (Å²) in [6.45, 7) is 5.24. The molecule has 3 atom stereocenters. The molecule has 1 fully saturated rings. The summed E-state index contributed by atoms with van der Waals surface area (Å²) in [7, 11) is 0. The molecule has 3 heterocycles. The van der Waals surface area contributed by atoms with E-state index in [1.165, 1.54) is 4.90 Å². The Kier molecular flexibility index (Phi) is 8.09. The molecule has 3 N–H and O–H groups in total. The molecular weight excluding hydrogens is 514 g/mol. The number of β-amino-alcohol motifs (C(OH)–C–C–N with tert-alkyl or cyclic N) is 1. The van der Waals surface area contributed by atoms with Gasteiger partial charge in [0.25, 0.3) is 12.3 Å². The number of aliphatic hydroxyl groups is 1. The number of nitrogens with zero attached hydrogens (tertiary/aromatic N) is 4. The van der Waals surface area contributed by atoms with E-state index >= 15 is 0 Å². The maximum atomic E-state index is 13.6. The van der Waals surface area contributed by atoms with Gasteiger partial charge in [0.1, 0.15) is 12.1 Å². The molecular formula is C26H30F2N6O5. The van der Waals surface area contributed by atoms with E-state index in [-0.39, 0.29) is 25.3 Å². The second kappa shape index (κ2) is 11.3. The number of aromatic nitrogens is 3. The van der Waals surface area contributed by atoms with E-state index in [2.05, 4.69) is 20.9 Å². The number of likely N-dealkylation sites (tertiary alicyclic amines) is 1. The first-order valence-electron chi connectivity index (χ1n) is 12.3. The third kappa shape index (κ3) is 6.48. The number of alkyl halides is 2. The van der Waals surface area contributed by atoms with Crippen LogP contribution in [0.25, 0.3) is 5.69 Å². The molecule has 3 aromatic rings. The number of carbonyl (C=O) groups excluding carboxylic acids is 3. The number of aliphatic hydroxyl groups excluding tert-OH is 1. The van der Waals surface area contributed by atoms with Gasteiger partial charge < -0.3 is 25.1 Å². The molecule has 1 aliphatic heterocycles. The van der Waals surface area contributed by atoms with Gasteiger partial charge in [0.2, 0.25) is 11.8 Å². The second-order valence-electron chi connectivity index (χ2n) is 10.4. The molecule has 1 aromatic carbocycles. The third-order valence-corrected chi connectivity index (χ3v) is 6.41. The summed E-state index contributed by atoms with van der Waals surface area (Å²) in [5, 5.41) is 23.4. The first kappa shape index (κ1) is 27.9. The van der Waals surface area contributed by atoms with Crippen molar-refractivity contribution in [1.82, 2.24) is 30.5 Å². The second-order valence-corrected chi connectivity index (χ2v) is 10.4. The molecule has 0 unspecified atom stereocenters. The number of nitrogens with one attached hydrogen (secondary N) is 2. The molecule has 1 aliphatic rings. The number of benzene rings is 1. The SMILES string of the molecule is CC(C)(C)[C@H](NC(=O)c1ccc(C(F)F)o1)C(=O)N1C[C@H](O)C[C@H]1C(=O)NCc1ccc(-n2ccnn2)cc1. The van der Waals surface area contributed by atoms with E-state index in [1.807, 2.05) is 24.3 Å². The molecule has 1 saturated heterocycles. The monoisotopic (exact) mass is 544 g/mol. The van der Waals surface area contributed by atoms with Gasteiger partial charge in [-0.15, -0.1) is 5.10 Å². The summed E-state index contributed by atoms with van der Waals surface area (Å²) >= 11 is 0. The lowest BCUT2D eigenvalue weighted by molar-refractivity contribution is -0.142. The van der Waals surface area contributed by atoms with Gasteiger partial charge in [-0.1, -0.05) is 38.1 Å². The lowest BCUT2D eigenvalue weighted by Gasteiger charge is -2.35. The minimum atomic E-state index is -2.89. The fourth-order valence-corrected chi connectivity index (χ4v) is 4.33. The summed E-state index contributed by atoms with van der Waals surface area (Å²) in [4.78, 5) is 40.7. The van der Waals surface area contributed by atoms with Crippen molar-refractivity contribution in [3.05, 3.63) is 65.9 Å². The van der Waals surface area contributed by atoms with Crippen LogP contribution < -0.4 is 10.6 Å². The highest BCUT2D eigenvalue weighted by molar-refractivity contribution is 5.97. The van der Waals surface area contributed by atoms with E-state index in [0.29, 0.717) is 0 Å². The average Bonchev–Trinajstić information content (AvgIpc) is 3.66. The molecule has 3 amide bonds. The Labute approximate surface area is 223 Å². The van der Waals surface area contributed by atoms with Crippen LogP contribution in [0, 0.1) is 5.41 Å². The smallest absolute Gasteiger partial charge is 0.295 e. The Bertz CT molecular complexity index is 1300. The maximum absolute atomic E-state index is 13.6. The average molecular weight is 545 g/mol. The van der Waals surface area contributed by atoms with Gasteiger partial charge in [-0.2, -0.15) is 0 Å². The van der Waals surface area contributed by atoms with Gasteiger partial charge in [-0.25, -0.2) is 13.5 Å². The van der Waals surface area contributed by atoms with Gasteiger partial charge in [0.05, 0.1) is 24.2 Å². The fraction of sp³-hybridized carbons (Fsp3) is 0.423. The van der Waals surface area contributed by atoms with Crippen molar-refractivity contribution in [1.29, 1.82) is 0 Å². The number of halogens is 2. The number of furan rings is 1. The van der Waals surface area contributed by atoms with Crippen molar-refractivity contribution in [2.24, 2.45) is 5.41 Å². The topological polar surface area (TPSA) is 143 Å². The predicted octanol–water partition coefficient (Wildman–Crippen LogP) is 2.22. The first-order valence-corrected chi connectivity index (χ1v) is 12.3. The lowest BCUT2D eigenvalue weighted by Crippen LogP contribution is -2.57. The van der Waals surface area contributed by atoms with E-state index in [9.17, 15) is 28.3 Å². The highest BCUT2D eigenvalue weighted by atomic mass is 19.3. The molecule has 0 spiro atoms. The van der Waals surface area contributed by atoms with Crippen LogP contribution in [0.1, 0.15) is 55.5 Å². The number of hydrogen-bond donors (Lipinski definition) is 3. The van der Waals surface area contributed by atoms with Crippen LogP contribution in [0.4, 0.5) is 8.78 Å². The van der Waals surface area contributed by atoms with Crippen LogP contribution in [-0.2, 0) is 16.1 Å². The molecule has 2 aromatic heterocycles. The van der Waals surface area contributed by atoms with Crippen LogP contribution >= 0.6 is 0 Å². The van der Waals surface area contributed by atoms with Gasteiger partial charge in [-0.3, -0.25) is 14.4 Å². The first-order chi connectivity index (χ1) is 18.4. The third-order valence-electron chi connectivity index (χ3n) is 6.41. The molecule has 13 heteroatoms. The summed E-state index contributed by atoms with van der Waals surface area (Å²) in [6.07, 6.45) is -0.516. The number of carbonyl (C=O) groups is 3. The van der Waals surface area contributed by atoms with Crippen LogP contribution in [0.2, 0.25) is 0 Å². The summed E-state index contributed by atoms with van der Waals surface area (Å²) in [5.74, 6) is -2.90. The van der Waals surface area contributed by atoms with Crippen LogP contribution in [0.5, 0.6) is 0 Å². The summed E-state index contributed by atoms with van der Waals surface area (Å²) in [5.41, 5.74) is 0.796. The van der Waals surface area contributed by atoms with Crippen LogP contribution in [0.3, 0.4) is 0 Å². The standard InChI is InChI=1S/C26H30F2N6O5/c1-26(2,3)21(31-24(37)20-9-8-19(39-20)22(27)28)25(38)33-14-17(35)12-18(33)23(36)29-13-15-4-6-16(7-5-15)34-11-10-30-32-34/h4-11,17-18,21-22,35H,12-14H2,1-3H3,(H,29,36)(H,31,37)/t17-,18+,21-/m1/s1. The van der Waals surface area contributed by atoms with Crippen molar-refractivity contribution in [3.63, 3.8) is 0 Å². The van der Waals surface area contributed by atoms with Crippen molar-refractivity contribution in [3.8, 4) is 5.69 Å². The molecule has 0 aliphatic carbocycles. The largest absolute Gasteiger partial charge is 0.450 e. The molecule has 4 rings (SSSR count). The number of amides is 3. The van der Waals surface area contributed by atoms with Crippen LogP contribution in [-0.4, -0.2) is 67.5 Å². The minimum Gasteiger partial charge on any atom is -0.450 e. The Hall–Kier alpha value is -4.13. The zero-order valence-electron chi connectivity index (χ0n) is 21.7. The Morgan fingerprint density at radius 3 is 2.46 bits per heavy atom. The summed E-state index contributed by atoms with van der Waals surface area (Å²) < 4.78 is 32.3. The normalized spacial score (nSPS) is 18.3. The number of hydrogen-bond acceptors (Lipinski definition) is 7. The predicted molar refractivity (Wildman–Crippen MR) is 134 cm³/mol. The molecule has 208 valence electrons. The van der Waals surface area contributed by atoms with E-state index in [4.69, 9.17) is 4.42 Å². The molecule has 11 nitrogen and oxygen atoms in total. The van der Waals surface area contributed by atoms with Gasteiger partial charge in [0, 0.05) is 19.5 Å². The van der Waals surface area contributed by atoms with Crippen LogP contribution in [0.15, 0.2) is 53.2 Å². The highest BCUT2D eigenvalue weighted by Crippen LogP contribution is 2.27. The molecule has 0 bridgehead atoms. The van der Waals surface area contributed by atoms with E-state index in [0.717, 1.165) is 23.4 Å². The Morgan fingerprint density at radius 2 is 1.87 bits per heavy atom. The fourth-order valence-electron chi connectivity index (χ4n) is 4.33. The van der Waals surface area contributed by atoms with E-state index in [1.54, 1.807) is 37.8 Å². The quantitative estimate of drug-likeness (QED) is 0.395.